The summed E-state index contributed by atoms with van der Waals surface area (Å²) >= 11 is 0. The lowest BCUT2D eigenvalue weighted by Crippen LogP contribution is -2.32. The van der Waals surface area contributed by atoms with E-state index in [9.17, 15) is 15.0 Å². The molecule has 28 heavy (non-hydrogen) atoms. The molecule has 0 aromatic carbocycles. The standard InChI is InChI=1S/C22H38N2O4/c1-6-7-8-9-10-11-12-13-19(25)17-14-23-16(2)20(26)18(17)15-24-21(27)28-22(3,4)5/h14,19,25-26H,6-13,15H2,1-5H3,(H,24,27). The Labute approximate surface area is 169 Å². The maximum absolute atomic E-state index is 11.9. The van der Waals surface area contributed by atoms with Crippen LogP contribution in [0.2, 0.25) is 0 Å². The van der Waals surface area contributed by atoms with Crippen molar-refractivity contribution >= 4 is 6.09 Å². The second-order valence-corrected chi connectivity index (χ2v) is 8.41. The van der Waals surface area contributed by atoms with Crippen LogP contribution in [0, 0.1) is 6.92 Å². The summed E-state index contributed by atoms with van der Waals surface area (Å²) in [7, 11) is 0. The van der Waals surface area contributed by atoms with Crippen molar-refractivity contribution in [1.82, 2.24) is 10.3 Å². The van der Waals surface area contributed by atoms with Gasteiger partial charge in [-0.05, 0) is 34.1 Å². The number of rotatable bonds is 11. The number of aromatic hydroxyl groups is 1. The highest BCUT2D eigenvalue weighted by molar-refractivity contribution is 5.68. The summed E-state index contributed by atoms with van der Waals surface area (Å²) in [6.07, 6.45) is 9.13. The van der Waals surface area contributed by atoms with Crippen LogP contribution >= 0.6 is 0 Å². The number of carbonyl (C=O) groups excluding carboxylic acids is 1. The van der Waals surface area contributed by atoms with Gasteiger partial charge in [-0.15, -0.1) is 0 Å². The van der Waals surface area contributed by atoms with E-state index in [1.165, 1.54) is 32.1 Å². The Morgan fingerprint density at radius 1 is 1.18 bits per heavy atom. The zero-order valence-electron chi connectivity index (χ0n) is 18.2. The van der Waals surface area contributed by atoms with Gasteiger partial charge in [0.15, 0.2) is 0 Å². The molecule has 0 saturated carbocycles. The molecule has 6 nitrogen and oxygen atoms in total. The number of pyridine rings is 1. The van der Waals surface area contributed by atoms with Crippen molar-refractivity contribution in [3.8, 4) is 5.75 Å². The van der Waals surface area contributed by atoms with Gasteiger partial charge in [0.05, 0.1) is 18.3 Å². The molecule has 0 radical (unpaired) electrons. The smallest absolute Gasteiger partial charge is 0.407 e. The number of ether oxygens (including phenoxy) is 1. The van der Waals surface area contributed by atoms with Crippen molar-refractivity contribution in [2.45, 2.75) is 104 Å². The summed E-state index contributed by atoms with van der Waals surface area (Å²) in [4.78, 5) is 16.1. The van der Waals surface area contributed by atoms with Crippen LogP contribution in [-0.2, 0) is 11.3 Å². The van der Waals surface area contributed by atoms with Crippen LogP contribution in [0.25, 0.3) is 0 Å². The van der Waals surface area contributed by atoms with E-state index in [2.05, 4.69) is 17.2 Å². The molecule has 0 aliphatic rings. The van der Waals surface area contributed by atoms with Crippen LogP contribution in [0.3, 0.4) is 0 Å². The van der Waals surface area contributed by atoms with E-state index in [0.717, 1.165) is 12.8 Å². The van der Waals surface area contributed by atoms with Crippen molar-refractivity contribution in [1.29, 1.82) is 0 Å². The van der Waals surface area contributed by atoms with Crippen LogP contribution in [0.4, 0.5) is 4.79 Å². The molecule has 1 rings (SSSR count). The van der Waals surface area contributed by atoms with Crippen molar-refractivity contribution in [3.63, 3.8) is 0 Å². The molecule has 0 spiro atoms. The molecular formula is C22H38N2O4. The number of aliphatic hydroxyl groups excluding tert-OH is 1. The van der Waals surface area contributed by atoms with E-state index in [-0.39, 0.29) is 12.3 Å². The minimum atomic E-state index is -0.718. The number of aryl methyl sites for hydroxylation is 1. The lowest BCUT2D eigenvalue weighted by molar-refractivity contribution is 0.0522. The first-order chi connectivity index (χ1) is 13.2. The van der Waals surface area contributed by atoms with E-state index in [0.29, 0.717) is 23.2 Å². The highest BCUT2D eigenvalue weighted by Gasteiger charge is 2.20. The number of hydrogen-bond donors (Lipinski definition) is 3. The Morgan fingerprint density at radius 3 is 2.39 bits per heavy atom. The van der Waals surface area contributed by atoms with Gasteiger partial charge < -0.3 is 20.3 Å². The molecule has 3 N–H and O–H groups in total. The maximum Gasteiger partial charge on any atom is 0.407 e. The van der Waals surface area contributed by atoms with Crippen LogP contribution in [0.5, 0.6) is 5.75 Å². The second-order valence-electron chi connectivity index (χ2n) is 8.41. The summed E-state index contributed by atoms with van der Waals surface area (Å²) in [6, 6.07) is 0. The first-order valence-electron chi connectivity index (χ1n) is 10.5. The monoisotopic (exact) mass is 394 g/mol. The fourth-order valence-electron chi connectivity index (χ4n) is 3.06. The Balaban J connectivity index is 2.65. The zero-order chi connectivity index (χ0) is 21.2. The average molecular weight is 395 g/mol. The van der Waals surface area contributed by atoms with Crippen molar-refractivity contribution < 1.29 is 19.7 Å². The average Bonchev–Trinajstić information content (AvgIpc) is 2.60. The molecule has 6 heteroatoms. The van der Waals surface area contributed by atoms with E-state index in [1.54, 1.807) is 33.9 Å². The molecule has 1 amide bonds. The third-order valence-corrected chi connectivity index (χ3v) is 4.62. The third-order valence-electron chi connectivity index (χ3n) is 4.62. The van der Waals surface area contributed by atoms with Gasteiger partial charge in [-0.2, -0.15) is 0 Å². The van der Waals surface area contributed by atoms with Gasteiger partial charge in [-0.25, -0.2) is 4.79 Å². The van der Waals surface area contributed by atoms with E-state index in [4.69, 9.17) is 4.74 Å². The lowest BCUT2D eigenvalue weighted by atomic mass is 9.98. The number of nitrogens with zero attached hydrogens (tertiary/aromatic N) is 1. The summed E-state index contributed by atoms with van der Waals surface area (Å²) in [5.41, 5.74) is 0.923. The molecule has 1 aromatic rings. The minimum Gasteiger partial charge on any atom is -0.506 e. The van der Waals surface area contributed by atoms with E-state index >= 15 is 0 Å². The Morgan fingerprint density at radius 2 is 1.79 bits per heavy atom. The molecule has 1 unspecified atom stereocenters. The topological polar surface area (TPSA) is 91.7 Å². The fraction of sp³-hybridized carbons (Fsp3) is 0.727. The summed E-state index contributed by atoms with van der Waals surface area (Å²) in [6.45, 7) is 9.34. The molecule has 0 fully saturated rings. The number of carbonyl (C=O) groups is 1. The van der Waals surface area contributed by atoms with Gasteiger partial charge in [0.1, 0.15) is 11.4 Å². The highest BCUT2D eigenvalue weighted by Crippen LogP contribution is 2.30. The number of nitrogens with one attached hydrogen (secondary N) is 1. The van der Waals surface area contributed by atoms with E-state index in [1.807, 2.05) is 0 Å². The van der Waals surface area contributed by atoms with Gasteiger partial charge >= 0.3 is 6.09 Å². The second kappa shape index (κ2) is 11.9. The molecule has 0 aliphatic heterocycles. The number of amides is 1. The zero-order valence-corrected chi connectivity index (χ0v) is 18.2. The Hall–Kier alpha value is -1.82. The van der Waals surface area contributed by atoms with Crippen molar-refractivity contribution in [3.05, 3.63) is 23.0 Å². The van der Waals surface area contributed by atoms with Crippen molar-refractivity contribution in [2.24, 2.45) is 0 Å². The summed E-state index contributed by atoms with van der Waals surface area (Å²) < 4.78 is 5.24. The Kier molecular flexibility index (Phi) is 10.3. The van der Waals surface area contributed by atoms with Gasteiger partial charge in [0, 0.05) is 17.3 Å². The first kappa shape index (κ1) is 24.2. The number of aliphatic hydroxyl groups is 1. The Bertz CT molecular complexity index is 611. The quantitative estimate of drug-likeness (QED) is 0.443. The predicted molar refractivity (Wildman–Crippen MR) is 111 cm³/mol. The SMILES string of the molecule is CCCCCCCCCC(O)c1cnc(C)c(O)c1CNC(=O)OC(C)(C)C. The molecule has 0 saturated heterocycles. The van der Waals surface area contributed by atoms with Gasteiger partial charge in [-0.3, -0.25) is 4.98 Å². The number of aromatic nitrogens is 1. The summed E-state index contributed by atoms with van der Waals surface area (Å²) in [5.74, 6) is 0.00664. The normalized spacial score (nSPS) is 12.6. The van der Waals surface area contributed by atoms with Crippen molar-refractivity contribution in [2.75, 3.05) is 0 Å². The molecule has 0 aliphatic carbocycles. The first-order valence-corrected chi connectivity index (χ1v) is 10.5. The van der Waals surface area contributed by atoms with Crippen LogP contribution < -0.4 is 5.32 Å². The predicted octanol–water partition coefficient (Wildman–Crippen LogP) is 5.29. The van der Waals surface area contributed by atoms with Gasteiger partial charge in [0.25, 0.3) is 0 Å². The number of unbranched alkanes of at least 4 members (excludes halogenated alkanes) is 6. The fourth-order valence-corrected chi connectivity index (χ4v) is 3.06. The van der Waals surface area contributed by atoms with Crippen LogP contribution in [-0.4, -0.2) is 26.9 Å². The molecular weight excluding hydrogens is 356 g/mol. The lowest BCUT2D eigenvalue weighted by Gasteiger charge is -2.21. The number of alkyl carbamates (subject to hydrolysis) is 1. The van der Waals surface area contributed by atoms with Crippen LogP contribution in [0.15, 0.2) is 6.20 Å². The maximum atomic E-state index is 11.9. The highest BCUT2D eigenvalue weighted by atomic mass is 16.6. The van der Waals surface area contributed by atoms with Gasteiger partial charge in [-0.1, -0.05) is 51.9 Å². The summed E-state index contributed by atoms with van der Waals surface area (Å²) in [5, 5.41) is 23.7. The van der Waals surface area contributed by atoms with Crippen LogP contribution in [0.1, 0.15) is 102 Å². The molecule has 1 atom stereocenters. The molecule has 1 aromatic heterocycles. The third kappa shape index (κ3) is 8.91. The molecule has 1 heterocycles. The van der Waals surface area contributed by atoms with Gasteiger partial charge in [0.2, 0.25) is 0 Å². The largest absolute Gasteiger partial charge is 0.506 e. The molecule has 160 valence electrons. The number of hydrogen-bond acceptors (Lipinski definition) is 5. The minimum absolute atomic E-state index is 0.00664. The molecule has 0 bridgehead atoms. The van der Waals surface area contributed by atoms with E-state index < -0.39 is 17.8 Å².